The fourth-order valence-corrected chi connectivity index (χ4v) is 1.62. The Balaban J connectivity index is 2.51. The maximum absolute atomic E-state index is 11.8. The van der Waals surface area contributed by atoms with E-state index >= 15 is 0 Å². The number of likely N-dealkylation sites (tertiary alicyclic amines) is 1. The molecular formula is C11H22N2O3. The molecule has 0 aliphatic carbocycles. The van der Waals surface area contributed by atoms with Crippen LogP contribution in [0.15, 0.2) is 0 Å². The molecule has 3 N–H and O–H groups in total. The molecule has 0 radical (unpaired) electrons. The molecule has 0 spiro atoms. The highest BCUT2D eigenvalue weighted by atomic mass is 16.6. The predicted octanol–water partition coefficient (Wildman–Crippen LogP) is 0.706. The Bertz CT molecular complexity index is 238. The second-order valence-corrected chi connectivity index (χ2v) is 5.28. The van der Waals surface area contributed by atoms with Crippen molar-refractivity contribution in [3.63, 3.8) is 0 Å². The number of nitrogens with two attached hydrogens (primary N) is 1. The summed E-state index contributed by atoms with van der Waals surface area (Å²) in [4.78, 5) is 13.4. The molecular weight excluding hydrogens is 208 g/mol. The Hall–Kier alpha value is -0.810. The zero-order valence-electron chi connectivity index (χ0n) is 10.3. The second kappa shape index (κ2) is 5.01. The van der Waals surface area contributed by atoms with E-state index in [-0.39, 0.29) is 12.1 Å². The lowest BCUT2D eigenvalue weighted by Crippen LogP contribution is -2.37. The van der Waals surface area contributed by atoms with Crippen molar-refractivity contribution in [3.8, 4) is 0 Å². The van der Waals surface area contributed by atoms with Crippen LogP contribution in [0.1, 0.15) is 33.6 Å². The van der Waals surface area contributed by atoms with Crippen LogP contribution in [0.2, 0.25) is 0 Å². The van der Waals surface area contributed by atoms with Crippen molar-refractivity contribution < 1.29 is 14.6 Å². The number of aliphatic hydroxyl groups is 1. The highest BCUT2D eigenvalue weighted by molar-refractivity contribution is 5.68. The maximum atomic E-state index is 11.8. The Morgan fingerprint density at radius 1 is 1.38 bits per heavy atom. The molecule has 1 aliphatic rings. The molecule has 0 aromatic rings. The fourth-order valence-electron chi connectivity index (χ4n) is 1.62. The van der Waals surface area contributed by atoms with E-state index in [0.717, 1.165) is 0 Å². The molecule has 0 unspecified atom stereocenters. The third-order valence-electron chi connectivity index (χ3n) is 2.57. The van der Waals surface area contributed by atoms with Crippen LogP contribution in [0.25, 0.3) is 0 Å². The van der Waals surface area contributed by atoms with Gasteiger partial charge in [0, 0.05) is 19.1 Å². The van der Waals surface area contributed by atoms with E-state index in [1.165, 1.54) is 0 Å². The van der Waals surface area contributed by atoms with Gasteiger partial charge in [-0.2, -0.15) is 0 Å². The standard InChI is InChI=1S/C11H22N2O3/c1-11(2,3)16-10(15)13-6-4-8(12)9(14)5-7-13/h8-9,14H,4-7,12H2,1-3H3/t8-,9+/m0/s1. The van der Waals surface area contributed by atoms with Gasteiger partial charge in [-0.05, 0) is 33.6 Å². The van der Waals surface area contributed by atoms with Gasteiger partial charge in [0.2, 0.25) is 0 Å². The molecule has 94 valence electrons. The fraction of sp³-hybridized carbons (Fsp3) is 0.909. The summed E-state index contributed by atoms with van der Waals surface area (Å²) in [5, 5.41) is 9.59. The summed E-state index contributed by atoms with van der Waals surface area (Å²) in [6.07, 6.45) is 0.280. The van der Waals surface area contributed by atoms with Crippen molar-refractivity contribution in [1.29, 1.82) is 0 Å². The van der Waals surface area contributed by atoms with Crippen LogP contribution in [0.3, 0.4) is 0 Å². The minimum Gasteiger partial charge on any atom is -0.444 e. The smallest absolute Gasteiger partial charge is 0.410 e. The molecule has 1 fully saturated rings. The number of rotatable bonds is 0. The van der Waals surface area contributed by atoms with E-state index < -0.39 is 11.7 Å². The molecule has 1 aliphatic heterocycles. The van der Waals surface area contributed by atoms with Gasteiger partial charge in [-0.1, -0.05) is 0 Å². The van der Waals surface area contributed by atoms with Crippen molar-refractivity contribution in [2.75, 3.05) is 13.1 Å². The number of aliphatic hydroxyl groups excluding tert-OH is 1. The Labute approximate surface area is 96.6 Å². The second-order valence-electron chi connectivity index (χ2n) is 5.28. The van der Waals surface area contributed by atoms with E-state index in [4.69, 9.17) is 10.5 Å². The first-order valence-corrected chi connectivity index (χ1v) is 5.71. The summed E-state index contributed by atoms with van der Waals surface area (Å²) in [6, 6.07) is -0.243. The maximum Gasteiger partial charge on any atom is 0.410 e. The van der Waals surface area contributed by atoms with Gasteiger partial charge in [0.15, 0.2) is 0 Å². The predicted molar refractivity (Wildman–Crippen MR) is 61.0 cm³/mol. The molecule has 0 aromatic heterocycles. The largest absolute Gasteiger partial charge is 0.444 e. The highest BCUT2D eigenvalue weighted by Crippen LogP contribution is 2.14. The Morgan fingerprint density at radius 2 is 1.94 bits per heavy atom. The van der Waals surface area contributed by atoms with Gasteiger partial charge in [0.05, 0.1) is 6.10 Å². The zero-order valence-corrected chi connectivity index (χ0v) is 10.3. The molecule has 1 rings (SSSR count). The summed E-state index contributed by atoms with van der Waals surface area (Å²) in [5.41, 5.74) is 5.26. The first-order valence-electron chi connectivity index (χ1n) is 5.71. The third kappa shape index (κ3) is 3.98. The number of amides is 1. The first kappa shape index (κ1) is 13.3. The van der Waals surface area contributed by atoms with Gasteiger partial charge < -0.3 is 20.5 Å². The van der Waals surface area contributed by atoms with E-state index in [2.05, 4.69) is 0 Å². The molecule has 16 heavy (non-hydrogen) atoms. The van der Waals surface area contributed by atoms with E-state index in [1.54, 1.807) is 4.90 Å². The summed E-state index contributed by atoms with van der Waals surface area (Å²) >= 11 is 0. The average Bonchev–Trinajstić information content (AvgIpc) is 2.28. The van der Waals surface area contributed by atoms with Crippen molar-refractivity contribution >= 4 is 6.09 Å². The van der Waals surface area contributed by atoms with Gasteiger partial charge in [0.25, 0.3) is 0 Å². The number of carbonyl (C=O) groups is 1. The lowest BCUT2D eigenvalue weighted by Gasteiger charge is -2.26. The molecule has 1 saturated heterocycles. The Kier molecular flexibility index (Phi) is 4.15. The molecule has 0 bridgehead atoms. The van der Waals surface area contributed by atoms with Gasteiger partial charge in [-0.25, -0.2) is 4.79 Å². The summed E-state index contributed by atoms with van der Waals surface area (Å²) in [6.45, 7) is 6.56. The van der Waals surface area contributed by atoms with Crippen LogP contribution in [0.4, 0.5) is 4.79 Å². The van der Waals surface area contributed by atoms with E-state index in [0.29, 0.717) is 25.9 Å². The number of hydrogen-bond acceptors (Lipinski definition) is 4. The Morgan fingerprint density at radius 3 is 2.50 bits per heavy atom. The summed E-state index contributed by atoms with van der Waals surface area (Å²) < 4.78 is 5.27. The van der Waals surface area contributed by atoms with Crippen LogP contribution in [-0.4, -0.2) is 46.9 Å². The summed E-state index contributed by atoms with van der Waals surface area (Å²) in [5.74, 6) is 0. The van der Waals surface area contributed by atoms with E-state index in [1.807, 2.05) is 20.8 Å². The van der Waals surface area contributed by atoms with Crippen LogP contribution < -0.4 is 5.73 Å². The van der Waals surface area contributed by atoms with Crippen molar-refractivity contribution in [1.82, 2.24) is 4.90 Å². The average molecular weight is 230 g/mol. The molecule has 1 heterocycles. The summed E-state index contributed by atoms with van der Waals surface area (Å²) in [7, 11) is 0. The van der Waals surface area contributed by atoms with Crippen LogP contribution in [-0.2, 0) is 4.74 Å². The van der Waals surface area contributed by atoms with Gasteiger partial charge >= 0.3 is 6.09 Å². The van der Waals surface area contributed by atoms with E-state index in [9.17, 15) is 9.90 Å². The molecule has 0 saturated carbocycles. The van der Waals surface area contributed by atoms with Crippen LogP contribution in [0, 0.1) is 0 Å². The lowest BCUT2D eigenvalue weighted by atomic mass is 10.1. The SMILES string of the molecule is CC(C)(C)OC(=O)N1CC[C@@H](O)[C@@H](N)CC1. The normalized spacial score (nSPS) is 27.4. The van der Waals surface area contributed by atoms with Gasteiger partial charge in [-0.3, -0.25) is 0 Å². The number of carbonyl (C=O) groups excluding carboxylic acids is 1. The number of ether oxygens (including phenoxy) is 1. The van der Waals surface area contributed by atoms with Crippen molar-refractivity contribution in [3.05, 3.63) is 0 Å². The van der Waals surface area contributed by atoms with Gasteiger partial charge in [0.1, 0.15) is 5.60 Å². The number of hydrogen-bond donors (Lipinski definition) is 2. The van der Waals surface area contributed by atoms with Gasteiger partial charge in [-0.15, -0.1) is 0 Å². The lowest BCUT2D eigenvalue weighted by molar-refractivity contribution is 0.0251. The molecule has 1 amide bonds. The van der Waals surface area contributed by atoms with Crippen LogP contribution in [0.5, 0.6) is 0 Å². The third-order valence-corrected chi connectivity index (χ3v) is 2.57. The molecule has 5 nitrogen and oxygen atoms in total. The molecule has 5 heteroatoms. The first-order chi connectivity index (χ1) is 7.29. The minimum atomic E-state index is -0.521. The number of nitrogens with zero attached hydrogens (tertiary/aromatic N) is 1. The monoisotopic (exact) mass is 230 g/mol. The zero-order chi connectivity index (χ0) is 12.3. The minimum absolute atomic E-state index is 0.243. The molecule has 2 atom stereocenters. The topological polar surface area (TPSA) is 75.8 Å². The van der Waals surface area contributed by atoms with Crippen LogP contribution >= 0.6 is 0 Å². The van der Waals surface area contributed by atoms with Crippen molar-refractivity contribution in [2.45, 2.75) is 51.4 Å². The molecule has 0 aromatic carbocycles. The highest BCUT2D eigenvalue weighted by Gasteiger charge is 2.27. The van der Waals surface area contributed by atoms with Crippen molar-refractivity contribution in [2.24, 2.45) is 5.73 Å². The quantitative estimate of drug-likeness (QED) is 0.642.